The van der Waals surface area contributed by atoms with Gasteiger partial charge in [0.25, 0.3) is 5.91 Å². The molecule has 2 aromatic rings. The molecule has 2 aromatic carbocycles. The fraction of sp³-hybridized carbons (Fsp3) is 0.286. The van der Waals surface area contributed by atoms with Crippen molar-refractivity contribution in [1.29, 1.82) is 0 Å². The van der Waals surface area contributed by atoms with Gasteiger partial charge >= 0.3 is 12.1 Å². The number of nitrogens with zero attached hydrogens (tertiary/aromatic N) is 1. The van der Waals surface area contributed by atoms with Gasteiger partial charge in [0.2, 0.25) is 0 Å². The van der Waals surface area contributed by atoms with Crippen LogP contribution in [0.1, 0.15) is 30.4 Å². The minimum Gasteiger partial charge on any atom is -0.481 e. The molecule has 0 aliphatic heterocycles. The molecule has 0 spiro atoms. The van der Waals surface area contributed by atoms with Crippen LogP contribution in [-0.2, 0) is 14.3 Å². The SMILES string of the molecule is CCN(O)C(=O)C(CC(=O)O)NC(=O)OCC1c2ccccc2-c2ccccc21. The van der Waals surface area contributed by atoms with Crippen molar-refractivity contribution in [2.75, 3.05) is 13.2 Å². The maximum Gasteiger partial charge on any atom is 0.407 e. The van der Waals surface area contributed by atoms with Gasteiger partial charge in [0.1, 0.15) is 12.6 Å². The Morgan fingerprint density at radius 1 is 1.07 bits per heavy atom. The summed E-state index contributed by atoms with van der Waals surface area (Å²) >= 11 is 0. The number of likely N-dealkylation sites (N-methyl/N-ethyl adjacent to an activating group) is 1. The Morgan fingerprint density at radius 2 is 1.62 bits per heavy atom. The number of rotatable bonds is 7. The smallest absolute Gasteiger partial charge is 0.407 e. The van der Waals surface area contributed by atoms with Gasteiger partial charge < -0.3 is 15.2 Å². The summed E-state index contributed by atoms with van der Waals surface area (Å²) in [7, 11) is 0. The van der Waals surface area contributed by atoms with Crippen LogP contribution in [0.5, 0.6) is 0 Å². The van der Waals surface area contributed by atoms with E-state index in [4.69, 9.17) is 9.84 Å². The van der Waals surface area contributed by atoms with Crippen molar-refractivity contribution in [1.82, 2.24) is 10.4 Å². The Bertz CT molecular complexity index is 883. The molecule has 0 heterocycles. The van der Waals surface area contributed by atoms with E-state index in [0.29, 0.717) is 5.06 Å². The lowest BCUT2D eigenvalue weighted by Gasteiger charge is -2.21. The number of amides is 2. The second-order valence-electron chi connectivity index (χ2n) is 6.67. The van der Waals surface area contributed by atoms with E-state index < -0.39 is 30.4 Å². The number of benzene rings is 2. The van der Waals surface area contributed by atoms with Crippen LogP contribution in [0.2, 0.25) is 0 Å². The number of carbonyl (C=O) groups excluding carboxylic acids is 2. The van der Waals surface area contributed by atoms with Crippen LogP contribution < -0.4 is 5.32 Å². The normalized spacial score (nSPS) is 13.2. The monoisotopic (exact) mass is 398 g/mol. The number of hydrogen-bond acceptors (Lipinski definition) is 5. The van der Waals surface area contributed by atoms with Gasteiger partial charge in [-0.15, -0.1) is 0 Å². The number of ether oxygens (including phenoxy) is 1. The average molecular weight is 398 g/mol. The first-order valence-electron chi connectivity index (χ1n) is 9.26. The molecule has 3 rings (SSSR count). The van der Waals surface area contributed by atoms with Gasteiger partial charge in [0.05, 0.1) is 6.42 Å². The van der Waals surface area contributed by atoms with Gasteiger partial charge in [-0.1, -0.05) is 48.5 Å². The molecular formula is C21H22N2O6. The zero-order valence-corrected chi connectivity index (χ0v) is 15.9. The predicted octanol–water partition coefficient (Wildman–Crippen LogP) is 2.61. The third kappa shape index (κ3) is 4.38. The molecule has 0 saturated heterocycles. The molecule has 2 amide bonds. The fourth-order valence-electron chi connectivity index (χ4n) is 3.49. The first-order chi connectivity index (χ1) is 13.9. The highest BCUT2D eigenvalue weighted by Gasteiger charge is 2.31. The van der Waals surface area contributed by atoms with Crippen molar-refractivity contribution in [3.05, 3.63) is 59.7 Å². The molecule has 1 aliphatic rings. The zero-order valence-electron chi connectivity index (χ0n) is 15.9. The van der Waals surface area contributed by atoms with E-state index in [1.54, 1.807) is 0 Å². The van der Waals surface area contributed by atoms with E-state index in [1.807, 2.05) is 48.5 Å². The molecule has 1 atom stereocenters. The Kier molecular flexibility index (Phi) is 6.13. The number of carboxylic acids is 1. The van der Waals surface area contributed by atoms with Gasteiger partial charge in [0.15, 0.2) is 0 Å². The summed E-state index contributed by atoms with van der Waals surface area (Å²) in [5, 5.41) is 21.1. The molecule has 152 valence electrons. The van der Waals surface area contributed by atoms with E-state index in [1.165, 1.54) is 6.92 Å². The van der Waals surface area contributed by atoms with Crippen LogP contribution in [-0.4, -0.2) is 52.5 Å². The molecule has 1 aliphatic carbocycles. The number of hydroxylamine groups is 2. The third-order valence-corrected chi connectivity index (χ3v) is 4.87. The lowest BCUT2D eigenvalue weighted by molar-refractivity contribution is -0.168. The number of carbonyl (C=O) groups is 3. The van der Waals surface area contributed by atoms with E-state index in [-0.39, 0.29) is 19.1 Å². The summed E-state index contributed by atoms with van der Waals surface area (Å²) in [6.07, 6.45) is -1.59. The molecule has 29 heavy (non-hydrogen) atoms. The summed E-state index contributed by atoms with van der Waals surface area (Å²) in [6, 6.07) is 14.3. The zero-order chi connectivity index (χ0) is 21.0. The van der Waals surface area contributed by atoms with E-state index in [0.717, 1.165) is 22.3 Å². The molecule has 0 radical (unpaired) electrons. The molecule has 3 N–H and O–H groups in total. The highest BCUT2D eigenvalue weighted by Crippen LogP contribution is 2.44. The van der Waals surface area contributed by atoms with Crippen LogP contribution in [0.25, 0.3) is 11.1 Å². The number of nitrogens with one attached hydrogen (secondary N) is 1. The minimum absolute atomic E-state index is 0.0322. The average Bonchev–Trinajstić information content (AvgIpc) is 3.04. The molecule has 1 unspecified atom stereocenters. The Labute approximate surface area is 167 Å². The Morgan fingerprint density at radius 3 is 2.14 bits per heavy atom. The summed E-state index contributed by atoms with van der Waals surface area (Å²) in [6.45, 7) is 1.51. The maximum atomic E-state index is 12.3. The van der Waals surface area contributed by atoms with Crippen LogP contribution >= 0.6 is 0 Å². The number of hydrogen-bond donors (Lipinski definition) is 3. The Balaban J connectivity index is 1.70. The predicted molar refractivity (Wildman–Crippen MR) is 103 cm³/mol. The first kappa shape index (κ1) is 20.3. The topological polar surface area (TPSA) is 116 Å². The molecule has 8 nitrogen and oxygen atoms in total. The summed E-state index contributed by atoms with van der Waals surface area (Å²) in [5.41, 5.74) is 4.23. The van der Waals surface area contributed by atoms with Crippen molar-refractivity contribution in [2.24, 2.45) is 0 Å². The fourth-order valence-corrected chi connectivity index (χ4v) is 3.49. The highest BCUT2D eigenvalue weighted by molar-refractivity contribution is 5.88. The van der Waals surface area contributed by atoms with Crippen LogP contribution in [0.15, 0.2) is 48.5 Å². The van der Waals surface area contributed by atoms with E-state index in [9.17, 15) is 19.6 Å². The summed E-state index contributed by atoms with van der Waals surface area (Å²) in [5.74, 6) is -2.36. The van der Waals surface area contributed by atoms with Gasteiger partial charge in [-0.2, -0.15) is 0 Å². The molecule has 8 heteroatoms. The maximum absolute atomic E-state index is 12.3. The second kappa shape index (κ2) is 8.74. The van der Waals surface area contributed by atoms with Crippen molar-refractivity contribution in [3.8, 4) is 11.1 Å². The number of carboxylic acid groups (broad SMARTS) is 1. The van der Waals surface area contributed by atoms with Crippen LogP contribution in [0, 0.1) is 0 Å². The van der Waals surface area contributed by atoms with Gasteiger partial charge in [-0.3, -0.25) is 14.8 Å². The standard InChI is InChI=1S/C21H22N2O6/c1-2-23(28)20(26)18(11-19(24)25)22-21(27)29-12-17-15-9-5-3-7-13(15)14-8-4-6-10-16(14)17/h3-10,17-18,28H,2,11-12H2,1H3,(H,22,27)(H,24,25). The quantitative estimate of drug-likeness (QED) is 0.488. The van der Waals surface area contributed by atoms with Gasteiger partial charge in [-0.25, -0.2) is 9.86 Å². The minimum atomic E-state index is -1.42. The number of fused-ring (bicyclic) bond motifs is 3. The molecular weight excluding hydrogens is 376 g/mol. The largest absolute Gasteiger partial charge is 0.481 e. The van der Waals surface area contributed by atoms with Crippen molar-refractivity contribution in [2.45, 2.75) is 25.3 Å². The third-order valence-electron chi connectivity index (χ3n) is 4.87. The molecule has 0 saturated carbocycles. The Hall–Kier alpha value is -3.39. The van der Waals surface area contributed by atoms with Gasteiger partial charge in [-0.05, 0) is 29.2 Å². The van der Waals surface area contributed by atoms with Crippen molar-refractivity contribution in [3.63, 3.8) is 0 Å². The molecule has 0 bridgehead atoms. The lowest BCUT2D eigenvalue weighted by atomic mass is 9.98. The van der Waals surface area contributed by atoms with Crippen LogP contribution in [0.4, 0.5) is 4.79 Å². The molecule has 0 fully saturated rings. The van der Waals surface area contributed by atoms with Crippen molar-refractivity contribution < 1.29 is 29.4 Å². The van der Waals surface area contributed by atoms with E-state index in [2.05, 4.69) is 5.32 Å². The van der Waals surface area contributed by atoms with Crippen LogP contribution in [0.3, 0.4) is 0 Å². The lowest BCUT2D eigenvalue weighted by Crippen LogP contribution is -2.48. The molecule has 0 aromatic heterocycles. The van der Waals surface area contributed by atoms with Crippen molar-refractivity contribution >= 4 is 18.0 Å². The van der Waals surface area contributed by atoms with E-state index >= 15 is 0 Å². The number of alkyl carbamates (subject to hydrolysis) is 1. The number of aliphatic carboxylic acids is 1. The highest BCUT2D eigenvalue weighted by atomic mass is 16.5. The summed E-state index contributed by atoms with van der Waals surface area (Å²) < 4.78 is 5.32. The van der Waals surface area contributed by atoms with Gasteiger partial charge in [0, 0.05) is 12.5 Å². The second-order valence-corrected chi connectivity index (χ2v) is 6.67. The summed E-state index contributed by atoms with van der Waals surface area (Å²) in [4.78, 5) is 35.3. The first-order valence-corrected chi connectivity index (χ1v) is 9.26.